The Labute approximate surface area is 124 Å². The molecule has 21 heavy (non-hydrogen) atoms. The quantitative estimate of drug-likeness (QED) is 0.654. The molecule has 0 saturated heterocycles. The number of rotatable bonds is 5. The second-order valence-corrected chi connectivity index (χ2v) is 4.73. The molecule has 4 heteroatoms. The fourth-order valence-corrected chi connectivity index (χ4v) is 1.94. The summed E-state index contributed by atoms with van der Waals surface area (Å²) in [5, 5.41) is 13.7. The summed E-state index contributed by atoms with van der Waals surface area (Å²) in [6.07, 6.45) is 1.05. The molecule has 0 heterocycles. The minimum atomic E-state index is -0.145. The van der Waals surface area contributed by atoms with Gasteiger partial charge in [-0.2, -0.15) is 5.10 Å². The Kier molecular flexibility index (Phi) is 5.10. The number of hydrogen-bond acceptors (Lipinski definition) is 3. The monoisotopic (exact) mass is 282 g/mol. The molecule has 2 N–H and O–H groups in total. The van der Waals surface area contributed by atoms with Crippen LogP contribution in [0.2, 0.25) is 0 Å². The zero-order valence-electron chi connectivity index (χ0n) is 11.9. The van der Waals surface area contributed by atoms with E-state index in [1.807, 2.05) is 36.4 Å². The van der Waals surface area contributed by atoms with Crippen molar-refractivity contribution in [1.82, 2.24) is 5.43 Å². The zero-order chi connectivity index (χ0) is 15.1. The van der Waals surface area contributed by atoms with E-state index in [0.29, 0.717) is 24.1 Å². The van der Waals surface area contributed by atoms with Gasteiger partial charge in [0.2, 0.25) is 5.91 Å². The first-order valence-corrected chi connectivity index (χ1v) is 6.82. The normalized spacial score (nSPS) is 11.2. The van der Waals surface area contributed by atoms with Crippen molar-refractivity contribution in [2.75, 3.05) is 0 Å². The third-order valence-corrected chi connectivity index (χ3v) is 3.13. The highest BCUT2D eigenvalue weighted by Crippen LogP contribution is 2.16. The molecule has 0 saturated carbocycles. The number of phenols is 1. The Morgan fingerprint density at radius 2 is 1.76 bits per heavy atom. The van der Waals surface area contributed by atoms with Crippen LogP contribution in [0.15, 0.2) is 59.7 Å². The Morgan fingerprint density at radius 1 is 1.10 bits per heavy atom. The molecular weight excluding hydrogens is 264 g/mol. The highest BCUT2D eigenvalue weighted by Gasteiger charge is 2.05. The van der Waals surface area contributed by atoms with Crippen LogP contribution in [-0.2, 0) is 11.2 Å². The highest BCUT2D eigenvalue weighted by atomic mass is 16.3. The fraction of sp³-hybridized carbons (Fsp3) is 0.176. The maximum atomic E-state index is 11.8. The van der Waals surface area contributed by atoms with Crippen LogP contribution in [0.25, 0.3) is 0 Å². The van der Waals surface area contributed by atoms with Gasteiger partial charge in [-0.3, -0.25) is 4.79 Å². The van der Waals surface area contributed by atoms with Crippen molar-refractivity contribution >= 4 is 11.6 Å². The molecule has 0 aliphatic rings. The van der Waals surface area contributed by atoms with Crippen molar-refractivity contribution in [3.05, 3.63) is 65.7 Å². The third kappa shape index (κ3) is 4.45. The molecule has 2 aromatic carbocycles. The van der Waals surface area contributed by atoms with Gasteiger partial charge in [-0.15, -0.1) is 0 Å². The summed E-state index contributed by atoms with van der Waals surface area (Å²) >= 11 is 0. The van der Waals surface area contributed by atoms with Crippen LogP contribution in [0.1, 0.15) is 24.5 Å². The summed E-state index contributed by atoms with van der Waals surface area (Å²) in [6, 6.07) is 16.7. The number of hydrazone groups is 1. The van der Waals surface area contributed by atoms with Gasteiger partial charge in [-0.1, -0.05) is 42.5 Å². The average molecular weight is 282 g/mol. The van der Waals surface area contributed by atoms with Gasteiger partial charge in [0.15, 0.2) is 0 Å². The molecule has 2 aromatic rings. The van der Waals surface area contributed by atoms with E-state index < -0.39 is 0 Å². The van der Waals surface area contributed by atoms with Crippen molar-refractivity contribution in [3.63, 3.8) is 0 Å². The van der Waals surface area contributed by atoms with E-state index in [1.54, 1.807) is 25.1 Å². The molecule has 108 valence electrons. The topological polar surface area (TPSA) is 61.7 Å². The molecule has 0 bridgehead atoms. The van der Waals surface area contributed by atoms with E-state index in [2.05, 4.69) is 10.5 Å². The lowest BCUT2D eigenvalue weighted by atomic mass is 10.1. The summed E-state index contributed by atoms with van der Waals surface area (Å²) in [6.45, 7) is 1.74. The van der Waals surface area contributed by atoms with E-state index in [-0.39, 0.29) is 11.7 Å². The molecule has 0 fully saturated rings. The van der Waals surface area contributed by atoms with Crippen molar-refractivity contribution < 1.29 is 9.90 Å². The van der Waals surface area contributed by atoms with Crippen molar-refractivity contribution in [1.29, 1.82) is 0 Å². The van der Waals surface area contributed by atoms with Gasteiger partial charge in [0.1, 0.15) is 5.75 Å². The Hall–Kier alpha value is -2.62. The van der Waals surface area contributed by atoms with E-state index in [9.17, 15) is 9.90 Å². The van der Waals surface area contributed by atoms with Crippen LogP contribution in [-0.4, -0.2) is 16.7 Å². The van der Waals surface area contributed by atoms with Crippen LogP contribution < -0.4 is 5.43 Å². The molecular formula is C17H18N2O2. The number of amides is 1. The van der Waals surface area contributed by atoms with Gasteiger partial charge < -0.3 is 5.11 Å². The fourth-order valence-electron chi connectivity index (χ4n) is 1.94. The second kappa shape index (κ2) is 7.24. The lowest BCUT2D eigenvalue weighted by molar-refractivity contribution is -0.121. The first-order valence-electron chi connectivity index (χ1n) is 6.82. The van der Waals surface area contributed by atoms with Crippen molar-refractivity contribution in [2.24, 2.45) is 5.10 Å². The van der Waals surface area contributed by atoms with E-state index in [1.165, 1.54) is 0 Å². The predicted octanol–water partition coefficient (Wildman–Crippen LogP) is 2.87. The van der Waals surface area contributed by atoms with Crippen molar-refractivity contribution in [2.45, 2.75) is 19.8 Å². The number of aromatic hydroxyl groups is 1. The molecule has 0 unspecified atom stereocenters. The maximum Gasteiger partial charge on any atom is 0.240 e. The smallest absolute Gasteiger partial charge is 0.240 e. The van der Waals surface area contributed by atoms with Crippen LogP contribution >= 0.6 is 0 Å². The molecule has 4 nitrogen and oxygen atoms in total. The molecule has 0 aliphatic carbocycles. The Bertz CT molecular complexity index is 636. The van der Waals surface area contributed by atoms with Crippen LogP contribution in [0.5, 0.6) is 5.75 Å². The highest BCUT2D eigenvalue weighted by molar-refractivity contribution is 6.01. The summed E-state index contributed by atoms with van der Waals surface area (Å²) in [5.74, 6) is 0.00547. The third-order valence-electron chi connectivity index (χ3n) is 3.13. The largest absolute Gasteiger partial charge is 0.507 e. The van der Waals surface area contributed by atoms with Gasteiger partial charge >= 0.3 is 0 Å². The minimum absolute atomic E-state index is 0.145. The predicted molar refractivity (Wildman–Crippen MR) is 83.2 cm³/mol. The summed E-state index contributed by atoms with van der Waals surface area (Å²) in [7, 11) is 0. The summed E-state index contributed by atoms with van der Waals surface area (Å²) in [4.78, 5) is 11.8. The van der Waals surface area contributed by atoms with Gasteiger partial charge in [-0.05, 0) is 31.0 Å². The zero-order valence-corrected chi connectivity index (χ0v) is 11.9. The number of nitrogens with zero attached hydrogens (tertiary/aromatic N) is 1. The van der Waals surface area contributed by atoms with E-state index in [4.69, 9.17) is 0 Å². The lowest BCUT2D eigenvalue weighted by Crippen LogP contribution is -2.19. The van der Waals surface area contributed by atoms with Gasteiger partial charge in [0.05, 0.1) is 5.71 Å². The standard InChI is InChI=1S/C17H18N2O2/c1-13(15-9-5-6-10-16(15)20)18-19-17(21)12-11-14-7-3-2-4-8-14/h2-10,20H,11-12H2,1H3,(H,19,21). The number of hydrogen-bond donors (Lipinski definition) is 2. The molecule has 0 atom stereocenters. The first kappa shape index (κ1) is 14.8. The maximum absolute atomic E-state index is 11.8. The van der Waals surface area contributed by atoms with Gasteiger partial charge in [0, 0.05) is 12.0 Å². The van der Waals surface area contributed by atoms with Crippen LogP contribution in [0.3, 0.4) is 0 Å². The number of carbonyl (C=O) groups is 1. The SMILES string of the molecule is CC(=NNC(=O)CCc1ccccc1)c1ccccc1O. The molecule has 0 aliphatic heterocycles. The number of phenolic OH excluding ortho intramolecular Hbond substituents is 1. The molecule has 1 amide bonds. The number of para-hydroxylation sites is 1. The minimum Gasteiger partial charge on any atom is -0.507 e. The first-order chi connectivity index (χ1) is 10.2. The van der Waals surface area contributed by atoms with E-state index in [0.717, 1.165) is 5.56 Å². The number of carbonyl (C=O) groups excluding carboxylic acids is 1. The molecule has 0 radical (unpaired) electrons. The number of aryl methyl sites for hydroxylation is 1. The average Bonchev–Trinajstić information content (AvgIpc) is 2.52. The van der Waals surface area contributed by atoms with Crippen LogP contribution in [0.4, 0.5) is 0 Å². The van der Waals surface area contributed by atoms with E-state index >= 15 is 0 Å². The number of benzene rings is 2. The van der Waals surface area contributed by atoms with Gasteiger partial charge in [0.25, 0.3) is 0 Å². The van der Waals surface area contributed by atoms with Gasteiger partial charge in [-0.25, -0.2) is 5.43 Å². The van der Waals surface area contributed by atoms with Crippen molar-refractivity contribution in [3.8, 4) is 5.75 Å². The Morgan fingerprint density at radius 3 is 2.48 bits per heavy atom. The summed E-state index contributed by atoms with van der Waals surface area (Å²) in [5.41, 5.74) is 4.82. The molecule has 2 rings (SSSR count). The summed E-state index contributed by atoms with van der Waals surface area (Å²) < 4.78 is 0. The second-order valence-electron chi connectivity index (χ2n) is 4.73. The lowest BCUT2D eigenvalue weighted by Gasteiger charge is -2.05. The number of nitrogens with one attached hydrogen (secondary N) is 1. The molecule has 0 aromatic heterocycles. The Balaban J connectivity index is 1.88. The molecule has 0 spiro atoms. The van der Waals surface area contributed by atoms with Crippen LogP contribution in [0, 0.1) is 0 Å².